The number of rotatable bonds is 10. The normalized spacial score (nSPS) is 12.0. The van der Waals surface area contributed by atoms with Crippen LogP contribution in [-0.4, -0.2) is 19.0 Å². The van der Waals surface area contributed by atoms with Crippen LogP contribution in [0.1, 0.15) is 90.2 Å². The molecule has 5 rings (SSSR count). The summed E-state index contributed by atoms with van der Waals surface area (Å²) >= 11 is 0. The second-order valence-corrected chi connectivity index (χ2v) is 16.0. The lowest BCUT2D eigenvalue weighted by Gasteiger charge is -2.14. The molecule has 0 bridgehead atoms. The molecular weight excluding hydrogens is 537 g/mol. The van der Waals surface area contributed by atoms with Crippen molar-refractivity contribution in [1.82, 2.24) is 0 Å². The van der Waals surface area contributed by atoms with Crippen molar-refractivity contribution in [3.05, 3.63) is 83.9 Å². The quantitative estimate of drug-likeness (QED) is 0.0873. The predicted octanol–water partition coefficient (Wildman–Crippen LogP) is 10.0. The molecule has 0 aliphatic carbocycles. The highest BCUT2D eigenvalue weighted by atomic mass is 28.2. The van der Waals surface area contributed by atoms with Gasteiger partial charge < -0.3 is 0 Å². The monoisotopic (exact) mass is 582 g/mol. The van der Waals surface area contributed by atoms with Crippen LogP contribution in [0.3, 0.4) is 0 Å². The lowest BCUT2D eigenvalue weighted by molar-refractivity contribution is 0.651. The molecule has 0 aromatic heterocycles. The minimum absolute atomic E-state index is 0.468. The molecule has 0 heterocycles. The topological polar surface area (TPSA) is 0 Å². The Balaban J connectivity index is 1.73. The van der Waals surface area contributed by atoms with E-state index in [-0.39, 0.29) is 0 Å². The minimum atomic E-state index is -0.468. The Morgan fingerprint density at radius 2 is 0.857 bits per heavy atom. The Kier molecular flexibility index (Phi) is 10.6. The fourth-order valence-corrected chi connectivity index (χ4v) is 10.4. The van der Waals surface area contributed by atoms with Gasteiger partial charge in [0.15, 0.2) is 0 Å². The first kappa shape index (κ1) is 30.2. The molecule has 0 fully saturated rings. The Labute approximate surface area is 258 Å². The lowest BCUT2D eigenvalue weighted by Crippen LogP contribution is -2.02. The summed E-state index contributed by atoms with van der Waals surface area (Å²) < 4.78 is 0. The molecule has 5 aromatic rings. The SMILES string of the molecule is CCCC(CCC)[SiH2]C#Cc1c2ccccc2c(C#C[SiH2]C(CCC)CCC)c2cc3cc4ccccc4cc3cc12. The first-order valence-electron chi connectivity index (χ1n) is 16.4. The van der Waals surface area contributed by atoms with Crippen LogP contribution in [0.15, 0.2) is 72.8 Å². The number of benzene rings is 5. The molecule has 0 aliphatic heterocycles. The van der Waals surface area contributed by atoms with Gasteiger partial charge in [0.25, 0.3) is 0 Å². The fourth-order valence-electron chi connectivity index (χ4n) is 6.78. The van der Waals surface area contributed by atoms with E-state index in [9.17, 15) is 0 Å². The molecule has 2 heteroatoms. The van der Waals surface area contributed by atoms with Crippen molar-refractivity contribution in [2.75, 3.05) is 0 Å². The Morgan fingerprint density at radius 1 is 0.476 bits per heavy atom. The molecule has 0 spiro atoms. The van der Waals surface area contributed by atoms with Crippen LogP contribution in [-0.2, 0) is 0 Å². The third-order valence-corrected chi connectivity index (χ3v) is 12.4. The van der Waals surface area contributed by atoms with Crippen LogP contribution in [0.2, 0.25) is 11.1 Å². The fraction of sp³-hybridized carbons (Fsp3) is 0.350. The molecule has 214 valence electrons. The molecule has 0 N–H and O–H groups in total. The van der Waals surface area contributed by atoms with Crippen LogP contribution in [0.4, 0.5) is 0 Å². The van der Waals surface area contributed by atoms with Crippen molar-refractivity contribution in [3.63, 3.8) is 0 Å². The average molecular weight is 583 g/mol. The number of hydrogen-bond donors (Lipinski definition) is 0. The van der Waals surface area contributed by atoms with E-state index < -0.39 is 19.0 Å². The van der Waals surface area contributed by atoms with E-state index in [2.05, 4.69) is 123 Å². The summed E-state index contributed by atoms with van der Waals surface area (Å²) in [4.78, 5) is 0. The summed E-state index contributed by atoms with van der Waals surface area (Å²) in [6, 6.07) is 27.1. The van der Waals surface area contributed by atoms with Gasteiger partial charge in [0, 0.05) is 11.1 Å². The predicted molar refractivity (Wildman–Crippen MR) is 194 cm³/mol. The molecule has 0 nitrogen and oxygen atoms in total. The highest BCUT2D eigenvalue weighted by Crippen LogP contribution is 2.36. The first-order valence-corrected chi connectivity index (χ1v) is 19.5. The van der Waals surface area contributed by atoms with E-state index in [0.717, 1.165) is 11.1 Å². The third kappa shape index (κ3) is 6.84. The molecule has 0 aliphatic rings. The summed E-state index contributed by atoms with van der Waals surface area (Å²) in [5.41, 5.74) is 11.7. The van der Waals surface area contributed by atoms with Crippen LogP contribution in [0.25, 0.3) is 43.1 Å². The van der Waals surface area contributed by atoms with Gasteiger partial charge in [0.1, 0.15) is 19.0 Å². The highest BCUT2D eigenvalue weighted by Gasteiger charge is 2.14. The molecule has 0 atom stereocenters. The van der Waals surface area contributed by atoms with Gasteiger partial charge in [-0.1, -0.05) is 139 Å². The largest absolute Gasteiger partial charge is 0.134 e. The average Bonchev–Trinajstić information content (AvgIpc) is 3.00. The van der Waals surface area contributed by atoms with E-state index in [4.69, 9.17) is 0 Å². The van der Waals surface area contributed by atoms with Crippen molar-refractivity contribution in [2.24, 2.45) is 0 Å². The minimum Gasteiger partial charge on any atom is -0.134 e. The van der Waals surface area contributed by atoms with Gasteiger partial charge in [-0.25, -0.2) is 0 Å². The van der Waals surface area contributed by atoms with Gasteiger partial charge in [-0.05, 0) is 78.4 Å². The molecule has 5 aromatic carbocycles. The Bertz CT molecular complexity index is 1660. The van der Waals surface area contributed by atoms with Gasteiger partial charge >= 0.3 is 0 Å². The second-order valence-electron chi connectivity index (χ2n) is 12.1. The van der Waals surface area contributed by atoms with Gasteiger partial charge in [-0.2, -0.15) is 0 Å². The third-order valence-electron chi connectivity index (χ3n) is 8.84. The van der Waals surface area contributed by atoms with Crippen LogP contribution < -0.4 is 0 Å². The number of fused-ring (bicyclic) bond motifs is 4. The van der Waals surface area contributed by atoms with E-state index in [1.54, 1.807) is 0 Å². The summed E-state index contributed by atoms with van der Waals surface area (Å²) in [6.07, 6.45) is 10.3. The van der Waals surface area contributed by atoms with E-state index in [1.807, 2.05) is 0 Å². The van der Waals surface area contributed by atoms with Crippen LogP contribution in [0.5, 0.6) is 0 Å². The van der Waals surface area contributed by atoms with Gasteiger partial charge in [0.05, 0.1) is 0 Å². The van der Waals surface area contributed by atoms with Gasteiger partial charge in [-0.15, -0.1) is 11.1 Å². The maximum Gasteiger partial charge on any atom is 0.110 e. The molecular formula is C40H46Si2. The zero-order chi connectivity index (χ0) is 29.3. The van der Waals surface area contributed by atoms with Crippen molar-refractivity contribution in [3.8, 4) is 22.9 Å². The molecule has 0 saturated heterocycles. The summed E-state index contributed by atoms with van der Waals surface area (Å²) in [7, 11) is -0.936. The Morgan fingerprint density at radius 3 is 1.24 bits per heavy atom. The molecule has 0 radical (unpaired) electrons. The van der Waals surface area contributed by atoms with E-state index in [1.165, 1.54) is 106 Å². The molecule has 0 saturated carbocycles. The summed E-state index contributed by atoms with van der Waals surface area (Å²) in [5.74, 6) is 7.57. The van der Waals surface area contributed by atoms with Crippen molar-refractivity contribution < 1.29 is 0 Å². The highest BCUT2D eigenvalue weighted by molar-refractivity contribution is 6.48. The van der Waals surface area contributed by atoms with Crippen molar-refractivity contribution in [1.29, 1.82) is 0 Å². The van der Waals surface area contributed by atoms with Gasteiger partial charge in [-0.3, -0.25) is 0 Å². The maximum absolute atomic E-state index is 3.80. The molecule has 0 unspecified atom stereocenters. The lowest BCUT2D eigenvalue weighted by atomic mass is 9.90. The maximum atomic E-state index is 3.80. The molecule has 0 amide bonds. The van der Waals surface area contributed by atoms with Crippen molar-refractivity contribution in [2.45, 2.75) is 90.1 Å². The van der Waals surface area contributed by atoms with Crippen LogP contribution >= 0.6 is 0 Å². The second kappa shape index (κ2) is 14.7. The zero-order valence-electron chi connectivity index (χ0n) is 26.2. The first-order chi connectivity index (χ1) is 20.7. The van der Waals surface area contributed by atoms with Crippen molar-refractivity contribution >= 4 is 62.1 Å². The number of hydrogen-bond acceptors (Lipinski definition) is 0. The zero-order valence-corrected chi connectivity index (χ0v) is 29.0. The molecule has 42 heavy (non-hydrogen) atoms. The van der Waals surface area contributed by atoms with E-state index in [0.29, 0.717) is 0 Å². The van der Waals surface area contributed by atoms with Gasteiger partial charge in [0.2, 0.25) is 0 Å². The summed E-state index contributed by atoms with van der Waals surface area (Å²) in [6.45, 7) is 9.26. The smallest absolute Gasteiger partial charge is 0.110 e. The van der Waals surface area contributed by atoms with E-state index >= 15 is 0 Å². The van der Waals surface area contributed by atoms with Crippen LogP contribution in [0, 0.1) is 22.9 Å². The standard InChI is InChI=1S/C40H46Si2/c1-5-13-33(14-6-2)41-23-21-37-35-19-11-12-20-36(35)38(22-24-42-34(15-7-3)16-8-4)40-28-32-26-30-18-10-9-17-29(30)25-31(32)27-39(37)40/h9-12,17-20,25-28,33-34H,5-8,13-16,41-42H2,1-4H3. The Hall–Kier alpha value is -3.31. The summed E-state index contributed by atoms with van der Waals surface area (Å²) in [5, 5.41) is 10.2.